The maximum Gasteiger partial charge on any atom is 0.387 e. The molecule has 0 heterocycles. The minimum absolute atomic E-state index is 0.0316. The van der Waals surface area contributed by atoms with Crippen LogP contribution in [-0.2, 0) is 14.3 Å². The van der Waals surface area contributed by atoms with Gasteiger partial charge in [0.2, 0.25) is 0 Å². The van der Waals surface area contributed by atoms with Crippen LogP contribution in [0.3, 0.4) is 0 Å². The number of rotatable bonds is 9. The molecule has 0 unspecified atom stereocenters. The number of halogens is 3. The molecule has 2 amide bonds. The highest BCUT2D eigenvalue weighted by molar-refractivity contribution is 6.32. The average Bonchev–Trinajstić information content (AvgIpc) is 2.72. The number of nitro groups is 1. The van der Waals surface area contributed by atoms with Gasteiger partial charge in [-0.2, -0.15) is 8.78 Å². The molecule has 0 aromatic heterocycles. The molecule has 0 radical (unpaired) electrons. The first-order chi connectivity index (χ1) is 14.7. The minimum atomic E-state index is -3.06. The van der Waals surface area contributed by atoms with Crippen LogP contribution in [0.1, 0.15) is 10.4 Å². The Morgan fingerprint density at radius 3 is 2.55 bits per heavy atom. The standard InChI is InChI=1S/C18H14ClF2N3O7/c19-13-7-11(4-5-14(13)31-18(20)21)23-15(25)9-30-16(26)8-22-17(27)10-2-1-3-12(6-10)24(28)29/h1-7,18H,8-9H2,(H,22,27)(H,23,25). The molecule has 0 aliphatic carbocycles. The molecular formula is C18H14ClF2N3O7. The Bertz CT molecular complexity index is 1000. The van der Waals surface area contributed by atoms with Gasteiger partial charge >= 0.3 is 12.6 Å². The van der Waals surface area contributed by atoms with E-state index in [0.29, 0.717) is 0 Å². The second-order valence-electron chi connectivity index (χ2n) is 5.72. The number of hydrogen-bond acceptors (Lipinski definition) is 7. The van der Waals surface area contributed by atoms with E-state index < -0.39 is 42.5 Å². The lowest BCUT2D eigenvalue weighted by molar-refractivity contribution is -0.384. The third-order valence-electron chi connectivity index (χ3n) is 3.51. The van der Waals surface area contributed by atoms with Crippen molar-refractivity contribution in [1.29, 1.82) is 0 Å². The van der Waals surface area contributed by atoms with Gasteiger partial charge in [-0.15, -0.1) is 0 Å². The molecule has 10 nitrogen and oxygen atoms in total. The number of alkyl halides is 2. The number of hydrogen-bond donors (Lipinski definition) is 2. The number of esters is 1. The van der Waals surface area contributed by atoms with E-state index in [1.165, 1.54) is 24.3 Å². The van der Waals surface area contributed by atoms with Gasteiger partial charge in [-0.25, -0.2) is 0 Å². The Balaban J connectivity index is 1.79. The van der Waals surface area contributed by atoms with Crippen molar-refractivity contribution in [2.75, 3.05) is 18.5 Å². The summed E-state index contributed by atoms with van der Waals surface area (Å²) >= 11 is 5.76. The summed E-state index contributed by atoms with van der Waals surface area (Å²) in [6.45, 7) is -4.34. The number of amides is 2. The van der Waals surface area contributed by atoms with Gasteiger partial charge in [0.1, 0.15) is 12.3 Å². The number of benzene rings is 2. The Kier molecular flexibility index (Phi) is 8.20. The van der Waals surface area contributed by atoms with E-state index in [4.69, 9.17) is 16.3 Å². The normalized spacial score (nSPS) is 10.3. The highest BCUT2D eigenvalue weighted by Gasteiger charge is 2.14. The van der Waals surface area contributed by atoms with Crippen LogP contribution >= 0.6 is 11.6 Å². The zero-order valence-corrected chi connectivity index (χ0v) is 16.2. The fourth-order valence-electron chi connectivity index (χ4n) is 2.18. The number of ether oxygens (including phenoxy) is 2. The molecule has 31 heavy (non-hydrogen) atoms. The van der Waals surface area contributed by atoms with E-state index in [1.807, 2.05) is 0 Å². The van der Waals surface area contributed by atoms with Crippen LogP contribution in [0.2, 0.25) is 5.02 Å². The molecule has 0 saturated heterocycles. The monoisotopic (exact) mass is 457 g/mol. The molecule has 0 aliphatic heterocycles. The van der Waals surface area contributed by atoms with E-state index in [1.54, 1.807) is 0 Å². The number of anilines is 1. The number of nitrogens with one attached hydrogen (secondary N) is 2. The van der Waals surface area contributed by atoms with Crippen molar-refractivity contribution in [3.05, 3.63) is 63.2 Å². The molecule has 0 atom stereocenters. The maximum absolute atomic E-state index is 12.2. The van der Waals surface area contributed by atoms with Crippen LogP contribution in [0.25, 0.3) is 0 Å². The number of carbonyl (C=O) groups is 3. The third-order valence-corrected chi connectivity index (χ3v) is 3.80. The van der Waals surface area contributed by atoms with Crippen molar-refractivity contribution in [2.24, 2.45) is 0 Å². The Hall–Kier alpha value is -3.80. The molecule has 164 valence electrons. The van der Waals surface area contributed by atoms with E-state index in [9.17, 15) is 33.3 Å². The number of non-ortho nitro benzene ring substituents is 1. The molecule has 0 spiro atoms. The van der Waals surface area contributed by atoms with Crippen LogP contribution in [0.5, 0.6) is 5.75 Å². The summed E-state index contributed by atoms with van der Waals surface area (Å²) in [7, 11) is 0. The van der Waals surface area contributed by atoms with Gasteiger partial charge in [-0.1, -0.05) is 17.7 Å². The molecule has 2 aromatic rings. The Labute approximate surface area is 178 Å². The first-order valence-electron chi connectivity index (χ1n) is 8.38. The zero-order chi connectivity index (χ0) is 23.0. The zero-order valence-electron chi connectivity index (χ0n) is 15.5. The molecule has 2 aromatic carbocycles. The molecule has 0 fully saturated rings. The molecule has 2 rings (SSSR count). The van der Waals surface area contributed by atoms with Gasteiger partial charge in [0.25, 0.3) is 17.5 Å². The van der Waals surface area contributed by atoms with Gasteiger partial charge in [0, 0.05) is 23.4 Å². The van der Waals surface area contributed by atoms with Gasteiger partial charge in [0.05, 0.1) is 9.95 Å². The predicted octanol–water partition coefficient (Wildman–Crippen LogP) is 2.76. The van der Waals surface area contributed by atoms with Gasteiger partial charge in [-0.05, 0) is 24.3 Å². The van der Waals surface area contributed by atoms with Crippen LogP contribution < -0.4 is 15.4 Å². The number of nitro benzene ring substituents is 1. The summed E-state index contributed by atoms with van der Waals surface area (Å²) in [6.07, 6.45) is 0. The van der Waals surface area contributed by atoms with E-state index >= 15 is 0 Å². The second kappa shape index (κ2) is 10.8. The van der Waals surface area contributed by atoms with Gasteiger partial charge in [-0.3, -0.25) is 24.5 Å². The second-order valence-corrected chi connectivity index (χ2v) is 6.13. The van der Waals surface area contributed by atoms with Crippen LogP contribution in [0.4, 0.5) is 20.2 Å². The summed E-state index contributed by atoms with van der Waals surface area (Å²) in [5.74, 6) is -2.71. The number of carbonyl (C=O) groups excluding carboxylic acids is 3. The third kappa shape index (κ3) is 7.51. The molecule has 0 bridgehead atoms. The van der Waals surface area contributed by atoms with E-state index in [2.05, 4.69) is 15.4 Å². The Morgan fingerprint density at radius 1 is 1.16 bits per heavy atom. The molecule has 0 saturated carbocycles. The summed E-state index contributed by atoms with van der Waals surface area (Å²) in [6, 6.07) is 8.42. The maximum atomic E-state index is 12.2. The quantitative estimate of drug-likeness (QED) is 0.335. The van der Waals surface area contributed by atoms with Crippen LogP contribution in [-0.4, -0.2) is 42.5 Å². The fraction of sp³-hybridized carbons (Fsp3) is 0.167. The highest BCUT2D eigenvalue weighted by Crippen LogP contribution is 2.28. The SMILES string of the molecule is O=C(COC(=O)CNC(=O)c1cccc([N+](=O)[O-])c1)Nc1ccc(OC(F)F)c(Cl)c1. The summed E-state index contributed by atoms with van der Waals surface area (Å²) in [5, 5.41) is 15.1. The summed E-state index contributed by atoms with van der Waals surface area (Å²) in [5.41, 5.74) is -0.177. The van der Waals surface area contributed by atoms with Crippen molar-refractivity contribution < 1.29 is 37.6 Å². The fourth-order valence-corrected chi connectivity index (χ4v) is 2.40. The first-order valence-corrected chi connectivity index (χ1v) is 8.76. The predicted molar refractivity (Wildman–Crippen MR) is 103 cm³/mol. The average molecular weight is 458 g/mol. The molecular weight excluding hydrogens is 444 g/mol. The topological polar surface area (TPSA) is 137 Å². The highest BCUT2D eigenvalue weighted by atomic mass is 35.5. The van der Waals surface area contributed by atoms with E-state index in [0.717, 1.165) is 18.2 Å². The van der Waals surface area contributed by atoms with Crippen molar-refractivity contribution in [1.82, 2.24) is 5.32 Å². The van der Waals surface area contributed by atoms with Gasteiger partial charge in [0.15, 0.2) is 6.61 Å². The van der Waals surface area contributed by atoms with Gasteiger partial charge < -0.3 is 20.1 Å². The molecule has 13 heteroatoms. The minimum Gasteiger partial charge on any atom is -0.454 e. The first kappa shape index (κ1) is 23.5. The lowest BCUT2D eigenvalue weighted by atomic mass is 10.2. The van der Waals surface area contributed by atoms with Crippen molar-refractivity contribution in [2.45, 2.75) is 6.61 Å². The smallest absolute Gasteiger partial charge is 0.387 e. The lowest BCUT2D eigenvalue weighted by Gasteiger charge is -2.10. The number of nitrogens with zero attached hydrogens (tertiary/aromatic N) is 1. The van der Waals surface area contributed by atoms with Crippen molar-refractivity contribution >= 4 is 40.8 Å². The lowest BCUT2D eigenvalue weighted by Crippen LogP contribution is -2.32. The Morgan fingerprint density at radius 2 is 1.90 bits per heavy atom. The molecule has 2 N–H and O–H groups in total. The van der Waals surface area contributed by atoms with Crippen molar-refractivity contribution in [3.63, 3.8) is 0 Å². The summed E-state index contributed by atoms with van der Waals surface area (Å²) in [4.78, 5) is 45.5. The summed E-state index contributed by atoms with van der Waals surface area (Å²) < 4.78 is 33.3. The molecule has 0 aliphatic rings. The van der Waals surface area contributed by atoms with E-state index in [-0.39, 0.29) is 27.7 Å². The largest absolute Gasteiger partial charge is 0.454 e. The van der Waals surface area contributed by atoms with Crippen molar-refractivity contribution in [3.8, 4) is 5.75 Å². The van der Waals surface area contributed by atoms with Crippen LogP contribution in [0, 0.1) is 10.1 Å². The van der Waals surface area contributed by atoms with Crippen LogP contribution in [0.15, 0.2) is 42.5 Å².